The van der Waals surface area contributed by atoms with Crippen LogP contribution in [0, 0.1) is 5.41 Å². The van der Waals surface area contributed by atoms with Crippen LogP contribution in [0.5, 0.6) is 0 Å². The fraction of sp³-hybridized carbons (Fsp3) is 0.355. The monoisotopic (exact) mass is 552 g/mol. The molecule has 0 bridgehead atoms. The summed E-state index contributed by atoms with van der Waals surface area (Å²) < 4.78 is 3.78. The summed E-state index contributed by atoms with van der Waals surface area (Å²) in [5.41, 5.74) is 5.82. The van der Waals surface area contributed by atoms with Gasteiger partial charge in [-0.15, -0.1) is 10.2 Å². The van der Waals surface area contributed by atoms with Crippen molar-refractivity contribution in [2.75, 3.05) is 7.11 Å². The maximum Gasteiger partial charge on any atom is 0.277 e. The van der Waals surface area contributed by atoms with Crippen molar-refractivity contribution < 1.29 is 4.84 Å². The summed E-state index contributed by atoms with van der Waals surface area (Å²) >= 11 is 0. The van der Waals surface area contributed by atoms with Crippen LogP contribution in [0.15, 0.2) is 70.7 Å². The lowest BCUT2D eigenvalue weighted by molar-refractivity contribution is 0.207. The van der Waals surface area contributed by atoms with E-state index in [-0.39, 0.29) is 11.0 Å². The van der Waals surface area contributed by atoms with Gasteiger partial charge in [0.05, 0.1) is 17.8 Å². The van der Waals surface area contributed by atoms with E-state index in [0.29, 0.717) is 29.9 Å². The molecule has 3 heterocycles. The van der Waals surface area contributed by atoms with E-state index in [1.807, 2.05) is 30.3 Å². The first-order valence-corrected chi connectivity index (χ1v) is 13.9. The molecule has 0 aliphatic heterocycles. The molecule has 5 aromatic rings. The first kappa shape index (κ1) is 27.9. The molecule has 0 radical (unpaired) electrons. The van der Waals surface area contributed by atoms with E-state index in [9.17, 15) is 4.79 Å². The number of unbranched alkanes of at least 4 members (excludes halogenated alkanes) is 1. The Morgan fingerprint density at radius 2 is 1.80 bits per heavy atom. The van der Waals surface area contributed by atoms with Gasteiger partial charge in [0.15, 0.2) is 0 Å². The number of imidazole rings is 1. The van der Waals surface area contributed by atoms with Gasteiger partial charge in [0.25, 0.3) is 5.56 Å². The molecule has 0 saturated heterocycles. The van der Waals surface area contributed by atoms with Gasteiger partial charge in [0.1, 0.15) is 18.5 Å². The van der Waals surface area contributed by atoms with Crippen LogP contribution < -0.4 is 5.56 Å². The maximum absolute atomic E-state index is 13.9. The lowest BCUT2D eigenvalue weighted by atomic mass is 9.90. The Hall–Kier alpha value is -4.60. The molecule has 0 aliphatic carbocycles. The number of oxime groups is 1. The standard InChI is InChI=1S/C31H36N8O2/c1-6-7-12-27-32-25-17-18-38(20-26(35-41-5)31(2,3)4)30(40)28(25)39(27)19-21-13-15-22(16-14-21)23-10-8-9-11-24(23)29-33-36-37-34-29/h8-11,13-18H,6-7,12,19-20H2,1-5H3,(H,33,34,36,37)/b35-26-. The van der Waals surface area contributed by atoms with E-state index >= 15 is 0 Å². The topological polar surface area (TPSA) is 116 Å². The van der Waals surface area contributed by atoms with E-state index in [0.717, 1.165) is 53.1 Å². The number of H-pyrrole nitrogens is 1. The first-order chi connectivity index (χ1) is 19.8. The van der Waals surface area contributed by atoms with E-state index in [1.54, 1.807) is 10.8 Å². The molecule has 41 heavy (non-hydrogen) atoms. The second-order valence-electron chi connectivity index (χ2n) is 11.1. The molecule has 0 amide bonds. The number of hydrogen-bond acceptors (Lipinski definition) is 7. The van der Waals surface area contributed by atoms with Gasteiger partial charge in [-0.25, -0.2) is 4.98 Å². The number of aromatic nitrogens is 7. The van der Waals surface area contributed by atoms with E-state index < -0.39 is 0 Å². The minimum absolute atomic E-state index is 0.0866. The Labute approximate surface area is 239 Å². The van der Waals surface area contributed by atoms with Crippen LogP contribution >= 0.6 is 0 Å². The van der Waals surface area contributed by atoms with Gasteiger partial charge in [0.2, 0.25) is 5.82 Å². The second kappa shape index (κ2) is 11.9. The predicted molar refractivity (Wildman–Crippen MR) is 161 cm³/mol. The zero-order valence-corrected chi connectivity index (χ0v) is 24.3. The van der Waals surface area contributed by atoms with Gasteiger partial charge in [-0.1, -0.05) is 87.8 Å². The maximum atomic E-state index is 13.9. The van der Waals surface area contributed by atoms with Gasteiger partial charge in [-0.3, -0.25) is 4.79 Å². The summed E-state index contributed by atoms with van der Waals surface area (Å²) in [6.45, 7) is 9.23. The Morgan fingerprint density at radius 3 is 2.46 bits per heavy atom. The molecular formula is C31H36N8O2. The number of rotatable bonds is 10. The van der Waals surface area contributed by atoms with Crippen molar-refractivity contribution in [1.82, 2.24) is 34.7 Å². The fourth-order valence-corrected chi connectivity index (χ4v) is 4.90. The zero-order chi connectivity index (χ0) is 29.0. The van der Waals surface area contributed by atoms with Crippen molar-refractivity contribution in [3.8, 4) is 22.5 Å². The minimum atomic E-state index is -0.249. The van der Waals surface area contributed by atoms with Gasteiger partial charge < -0.3 is 14.0 Å². The van der Waals surface area contributed by atoms with Gasteiger partial charge in [-0.2, -0.15) is 5.21 Å². The summed E-state index contributed by atoms with van der Waals surface area (Å²) in [7, 11) is 1.53. The lowest BCUT2D eigenvalue weighted by Crippen LogP contribution is -2.31. The number of nitrogens with zero attached hydrogens (tertiary/aromatic N) is 7. The van der Waals surface area contributed by atoms with Gasteiger partial charge in [-0.05, 0) is 34.4 Å². The third kappa shape index (κ3) is 5.96. The highest BCUT2D eigenvalue weighted by Crippen LogP contribution is 2.30. The van der Waals surface area contributed by atoms with Gasteiger partial charge >= 0.3 is 0 Å². The minimum Gasteiger partial charge on any atom is -0.399 e. The molecular weight excluding hydrogens is 516 g/mol. The zero-order valence-electron chi connectivity index (χ0n) is 24.3. The summed E-state index contributed by atoms with van der Waals surface area (Å²) in [5.74, 6) is 1.47. The quantitative estimate of drug-likeness (QED) is 0.181. The lowest BCUT2D eigenvalue weighted by Gasteiger charge is -2.21. The normalized spacial score (nSPS) is 12.3. The van der Waals surface area contributed by atoms with Crippen LogP contribution in [0.4, 0.5) is 0 Å². The molecule has 0 aliphatic rings. The SMILES string of the molecule is CCCCc1nc2ccn(C/C(=N/OC)C(C)(C)C)c(=O)c2n1Cc1ccc(-c2ccccc2-c2nn[nH]n2)cc1. The van der Waals surface area contributed by atoms with Crippen LogP contribution in [0.1, 0.15) is 51.9 Å². The van der Waals surface area contributed by atoms with Crippen molar-refractivity contribution in [2.24, 2.45) is 10.6 Å². The summed E-state index contributed by atoms with van der Waals surface area (Å²) in [4.78, 5) is 23.9. The fourth-order valence-electron chi connectivity index (χ4n) is 4.90. The van der Waals surface area contributed by atoms with Crippen LogP contribution in [-0.2, 0) is 24.3 Å². The van der Waals surface area contributed by atoms with E-state index in [1.165, 1.54) is 7.11 Å². The van der Waals surface area contributed by atoms with Crippen molar-refractivity contribution in [2.45, 2.75) is 60.0 Å². The molecule has 3 aromatic heterocycles. The molecule has 1 N–H and O–H groups in total. The molecule has 10 heteroatoms. The third-order valence-electron chi connectivity index (χ3n) is 7.21. The molecule has 0 unspecified atom stereocenters. The summed E-state index contributed by atoms with van der Waals surface area (Å²) in [6, 6.07) is 18.3. The highest BCUT2D eigenvalue weighted by atomic mass is 16.6. The molecule has 0 fully saturated rings. The Morgan fingerprint density at radius 1 is 1.05 bits per heavy atom. The van der Waals surface area contributed by atoms with E-state index in [4.69, 9.17) is 9.82 Å². The Balaban J connectivity index is 1.52. The molecule has 10 nitrogen and oxygen atoms in total. The number of hydrogen-bond donors (Lipinski definition) is 1. The largest absolute Gasteiger partial charge is 0.399 e. The van der Waals surface area contributed by atoms with E-state index in [2.05, 4.69) is 82.3 Å². The molecule has 5 rings (SSSR count). The first-order valence-electron chi connectivity index (χ1n) is 13.9. The van der Waals surface area contributed by atoms with Crippen LogP contribution in [0.25, 0.3) is 33.5 Å². The average molecular weight is 553 g/mol. The molecule has 0 spiro atoms. The molecule has 0 atom stereocenters. The smallest absolute Gasteiger partial charge is 0.277 e. The molecule has 212 valence electrons. The third-order valence-corrected chi connectivity index (χ3v) is 7.21. The summed E-state index contributed by atoms with van der Waals surface area (Å²) in [5, 5.41) is 18.8. The van der Waals surface area contributed by atoms with Crippen LogP contribution in [0.2, 0.25) is 0 Å². The number of aryl methyl sites for hydroxylation is 1. The van der Waals surface area contributed by atoms with Crippen molar-refractivity contribution in [1.29, 1.82) is 0 Å². The van der Waals surface area contributed by atoms with Crippen LogP contribution in [-0.4, -0.2) is 47.6 Å². The van der Waals surface area contributed by atoms with Gasteiger partial charge in [0, 0.05) is 30.1 Å². The highest BCUT2D eigenvalue weighted by molar-refractivity contribution is 5.89. The highest BCUT2D eigenvalue weighted by Gasteiger charge is 2.22. The van der Waals surface area contributed by atoms with Crippen molar-refractivity contribution >= 4 is 16.7 Å². The predicted octanol–water partition coefficient (Wildman–Crippen LogP) is 5.48. The van der Waals surface area contributed by atoms with Crippen LogP contribution in [0.3, 0.4) is 0 Å². The Kier molecular flexibility index (Phi) is 8.09. The average Bonchev–Trinajstić information content (AvgIpc) is 3.62. The second-order valence-corrected chi connectivity index (χ2v) is 11.1. The summed E-state index contributed by atoms with van der Waals surface area (Å²) in [6.07, 6.45) is 4.65. The number of pyridine rings is 1. The number of aromatic amines is 1. The number of nitrogens with one attached hydrogen (secondary N) is 1. The van der Waals surface area contributed by atoms with Crippen molar-refractivity contribution in [3.63, 3.8) is 0 Å². The number of fused-ring (bicyclic) bond motifs is 1. The Bertz CT molecular complexity index is 1710. The van der Waals surface area contributed by atoms with Crippen molar-refractivity contribution in [3.05, 3.63) is 82.5 Å². The number of tetrazole rings is 1. The molecule has 2 aromatic carbocycles. The number of benzene rings is 2. The molecule has 0 saturated carbocycles.